The normalized spacial score (nSPS) is 28.4. The summed E-state index contributed by atoms with van der Waals surface area (Å²) in [6, 6.07) is 0. The molecule has 1 aliphatic heterocycles. The van der Waals surface area contributed by atoms with E-state index in [2.05, 4.69) is 15.6 Å². The SMILES string of the molecule is Cn1nncc1CNC1(C)CCS(=O)(=O)C1. The maximum Gasteiger partial charge on any atom is 0.152 e. The molecule has 0 amide bonds. The molecular formula is C9H16N4O2S. The van der Waals surface area contributed by atoms with Gasteiger partial charge in [-0.1, -0.05) is 5.21 Å². The number of hydrogen-bond acceptors (Lipinski definition) is 5. The zero-order valence-corrected chi connectivity index (χ0v) is 10.3. The molecule has 1 N–H and O–H groups in total. The Hall–Kier alpha value is -0.950. The maximum atomic E-state index is 11.4. The first-order valence-corrected chi connectivity index (χ1v) is 7.01. The van der Waals surface area contributed by atoms with Crippen LogP contribution in [0.3, 0.4) is 0 Å². The lowest BCUT2D eigenvalue weighted by Gasteiger charge is -2.23. The molecule has 1 fully saturated rings. The third-order valence-corrected chi connectivity index (χ3v) is 4.91. The van der Waals surface area contributed by atoms with Crippen LogP contribution in [0.5, 0.6) is 0 Å². The van der Waals surface area contributed by atoms with Crippen molar-refractivity contribution in [1.82, 2.24) is 20.3 Å². The lowest BCUT2D eigenvalue weighted by molar-refractivity contribution is 0.389. The highest BCUT2D eigenvalue weighted by molar-refractivity contribution is 7.91. The first-order valence-electron chi connectivity index (χ1n) is 5.19. The first kappa shape index (κ1) is 11.5. The average molecular weight is 244 g/mol. The number of nitrogens with zero attached hydrogens (tertiary/aromatic N) is 3. The summed E-state index contributed by atoms with van der Waals surface area (Å²) < 4.78 is 24.5. The van der Waals surface area contributed by atoms with Gasteiger partial charge in [0, 0.05) is 19.1 Å². The molecule has 0 aromatic carbocycles. The fourth-order valence-corrected chi connectivity index (χ4v) is 4.05. The minimum Gasteiger partial charge on any atom is -0.305 e. The molecule has 16 heavy (non-hydrogen) atoms. The zero-order chi connectivity index (χ0) is 11.8. The van der Waals surface area contributed by atoms with Crippen molar-refractivity contribution in [3.63, 3.8) is 0 Å². The van der Waals surface area contributed by atoms with E-state index >= 15 is 0 Å². The highest BCUT2D eigenvalue weighted by Crippen LogP contribution is 2.23. The van der Waals surface area contributed by atoms with Gasteiger partial charge in [0.05, 0.1) is 23.4 Å². The van der Waals surface area contributed by atoms with E-state index in [-0.39, 0.29) is 17.0 Å². The van der Waals surface area contributed by atoms with Crippen LogP contribution in [0.15, 0.2) is 6.20 Å². The van der Waals surface area contributed by atoms with Crippen LogP contribution in [0.1, 0.15) is 19.0 Å². The predicted octanol–water partition coefficient (Wildman–Crippen LogP) is -0.518. The van der Waals surface area contributed by atoms with Crippen LogP contribution in [0, 0.1) is 0 Å². The van der Waals surface area contributed by atoms with E-state index in [9.17, 15) is 8.42 Å². The van der Waals surface area contributed by atoms with Crippen LogP contribution >= 0.6 is 0 Å². The molecule has 0 radical (unpaired) electrons. The van der Waals surface area contributed by atoms with Crippen LogP contribution in [-0.2, 0) is 23.4 Å². The Kier molecular flexibility index (Phi) is 2.75. The van der Waals surface area contributed by atoms with Gasteiger partial charge in [0.1, 0.15) is 0 Å². The van der Waals surface area contributed by atoms with Gasteiger partial charge in [0.25, 0.3) is 0 Å². The molecule has 90 valence electrons. The monoisotopic (exact) mass is 244 g/mol. The van der Waals surface area contributed by atoms with Crippen molar-refractivity contribution in [2.45, 2.75) is 25.4 Å². The Morgan fingerprint density at radius 1 is 1.62 bits per heavy atom. The molecule has 7 heteroatoms. The Bertz CT molecular complexity index is 481. The molecule has 0 spiro atoms. The minimum atomic E-state index is -2.86. The molecular weight excluding hydrogens is 228 g/mol. The largest absolute Gasteiger partial charge is 0.305 e. The van der Waals surface area contributed by atoms with Gasteiger partial charge in [-0.3, -0.25) is 4.68 Å². The topological polar surface area (TPSA) is 76.9 Å². The number of hydrogen-bond donors (Lipinski definition) is 1. The van der Waals surface area contributed by atoms with Crippen molar-refractivity contribution in [2.75, 3.05) is 11.5 Å². The Morgan fingerprint density at radius 2 is 2.38 bits per heavy atom. The fourth-order valence-electron chi connectivity index (χ4n) is 1.92. The summed E-state index contributed by atoms with van der Waals surface area (Å²) in [7, 11) is -1.04. The quantitative estimate of drug-likeness (QED) is 0.774. The highest BCUT2D eigenvalue weighted by atomic mass is 32.2. The molecule has 0 bridgehead atoms. The third kappa shape index (κ3) is 2.41. The van der Waals surface area contributed by atoms with Crippen molar-refractivity contribution < 1.29 is 8.42 Å². The predicted molar refractivity (Wildman–Crippen MR) is 59.5 cm³/mol. The highest BCUT2D eigenvalue weighted by Gasteiger charge is 2.37. The molecule has 2 rings (SSSR count). The van der Waals surface area contributed by atoms with E-state index < -0.39 is 9.84 Å². The van der Waals surface area contributed by atoms with E-state index in [1.165, 1.54) is 0 Å². The summed E-state index contributed by atoms with van der Waals surface area (Å²) in [5.74, 6) is 0.491. The average Bonchev–Trinajstić information content (AvgIpc) is 2.69. The lowest BCUT2D eigenvalue weighted by Crippen LogP contribution is -2.43. The molecule has 0 saturated carbocycles. The summed E-state index contributed by atoms with van der Waals surface area (Å²) in [5.41, 5.74) is 0.633. The molecule has 1 atom stereocenters. The van der Waals surface area contributed by atoms with E-state index in [1.54, 1.807) is 10.9 Å². The Labute approximate surface area is 95.0 Å². The van der Waals surface area contributed by atoms with Gasteiger partial charge in [0.15, 0.2) is 9.84 Å². The molecule has 1 aromatic heterocycles. The van der Waals surface area contributed by atoms with Gasteiger partial charge in [-0.2, -0.15) is 0 Å². The summed E-state index contributed by atoms with van der Waals surface area (Å²) in [6.07, 6.45) is 2.35. The van der Waals surface area contributed by atoms with Crippen molar-refractivity contribution in [2.24, 2.45) is 7.05 Å². The standard InChI is InChI=1S/C9H16N4O2S/c1-9(3-4-16(14,15)7-9)10-5-8-6-11-12-13(8)2/h6,10H,3-5,7H2,1-2H3. The Morgan fingerprint density at radius 3 is 2.88 bits per heavy atom. The second kappa shape index (κ2) is 3.81. The van der Waals surface area contributed by atoms with E-state index in [1.807, 2.05) is 14.0 Å². The Balaban J connectivity index is 1.99. The first-order chi connectivity index (χ1) is 7.40. The van der Waals surface area contributed by atoms with E-state index in [0.29, 0.717) is 13.0 Å². The summed E-state index contributed by atoms with van der Waals surface area (Å²) in [4.78, 5) is 0. The second-order valence-electron chi connectivity index (χ2n) is 4.61. The number of aryl methyl sites for hydroxylation is 1. The van der Waals surface area contributed by atoms with Crippen molar-refractivity contribution in [3.05, 3.63) is 11.9 Å². The number of nitrogens with one attached hydrogen (secondary N) is 1. The summed E-state index contributed by atoms with van der Waals surface area (Å²) in [6.45, 7) is 2.54. The number of rotatable bonds is 3. The second-order valence-corrected chi connectivity index (χ2v) is 6.79. The van der Waals surface area contributed by atoms with Gasteiger partial charge < -0.3 is 5.32 Å². The fraction of sp³-hybridized carbons (Fsp3) is 0.778. The van der Waals surface area contributed by atoms with Crippen LogP contribution in [0.4, 0.5) is 0 Å². The van der Waals surface area contributed by atoms with Crippen LogP contribution in [0.25, 0.3) is 0 Å². The summed E-state index contributed by atoms with van der Waals surface area (Å²) in [5, 5.41) is 10.9. The minimum absolute atomic E-state index is 0.214. The molecule has 1 saturated heterocycles. The lowest BCUT2D eigenvalue weighted by atomic mass is 10.0. The summed E-state index contributed by atoms with van der Waals surface area (Å²) >= 11 is 0. The molecule has 0 aliphatic carbocycles. The van der Waals surface area contributed by atoms with Gasteiger partial charge in [-0.15, -0.1) is 5.10 Å². The zero-order valence-electron chi connectivity index (χ0n) is 9.47. The van der Waals surface area contributed by atoms with Gasteiger partial charge in [0.2, 0.25) is 0 Å². The number of aromatic nitrogens is 3. The molecule has 1 unspecified atom stereocenters. The van der Waals surface area contributed by atoms with Crippen LogP contribution in [-0.4, -0.2) is 40.5 Å². The van der Waals surface area contributed by atoms with Gasteiger partial charge >= 0.3 is 0 Å². The van der Waals surface area contributed by atoms with Gasteiger partial charge in [-0.05, 0) is 13.3 Å². The molecule has 2 heterocycles. The maximum absolute atomic E-state index is 11.4. The molecule has 1 aromatic rings. The smallest absolute Gasteiger partial charge is 0.152 e. The third-order valence-electron chi connectivity index (χ3n) is 3.01. The van der Waals surface area contributed by atoms with E-state index in [4.69, 9.17) is 0 Å². The van der Waals surface area contributed by atoms with Crippen molar-refractivity contribution in [1.29, 1.82) is 0 Å². The van der Waals surface area contributed by atoms with Crippen molar-refractivity contribution in [3.8, 4) is 0 Å². The van der Waals surface area contributed by atoms with Gasteiger partial charge in [-0.25, -0.2) is 8.42 Å². The van der Waals surface area contributed by atoms with E-state index in [0.717, 1.165) is 5.69 Å². The molecule has 6 nitrogen and oxygen atoms in total. The van der Waals surface area contributed by atoms with Crippen molar-refractivity contribution >= 4 is 9.84 Å². The van der Waals surface area contributed by atoms with Crippen LogP contribution in [0.2, 0.25) is 0 Å². The van der Waals surface area contributed by atoms with Crippen LogP contribution < -0.4 is 5.32 Å². The molecule has 1 aliphatic rings. The number of sulfone groups is 1.